The van der Waals surface area contributed by atoms with Crippen LogP contribution in [0.25, 0.3) is 4.85 Å². The molecule has 0 N–H and O–H groups in total. The van der Waals surface area contributed by atoms with Gasteiger partial charge in [-0.3, -0.25) is 4.85 Å². The molecule has 108 valence electrons. The van der Waals surface area contributed by atoms with Crippen LogP contribution in [0, 0.1) is 25.1 Å². The summed E-state index contributed by atoms with van der Waals surface area (Å²) >= 11 is 0. The quantitative estimate of drug-likeness (QED) is 0.812. The first kappa shape index (κ1) is 15.1. The Balaban J connectivity index is 2.52. The molecule has 0 aliphatic rings. The van der Waals surface area contributed by atoms with E-state index in [-0.39, 0.29) is 10.5 Å². The Labute approximate surface area is 121 Å². The van der Waals surface area contributed by atoms with Crippen LogP contribution in [-0.2, 0) is 9.84 Å². The van der Waals surface area contributed by atoms with Crippen LogP contribution in [0.4, 0.5) is 8.78 Å². The lowest BCUT2D eigenvalue weighted by Gasteiger charge is -2.08. The van der Waals surface area contributed by atoms with Crippen molar-refractivity contribution in [1.82, 2.24) is 0 Å². The number of hydrogen-bond acceptors (Lipinski definition) is 2. The molecule has 2 aromatic carbocycles. The van der Waals surface area contributed by atoms with Gasteiger partial charge in [-0.2, -0.15) is 0 Å². The van der Waals surface area contributed by atoms with Gasteiger partial charge in [-0.1, -0.05) is 17.7 Å². The van der Waals surface area contributed by atoms with Crippen molar-refractivity contribution in [1.29, 1.82) is 0 Å². The standard InChI is InChI=1S/C15H11F2NO2S/c1-10-3-6-12(7-4-10)21(19,20)15(18-2)11-5-8-13(16)14(17)9-11/h3-9,15H,1H3. The summed E-state index contributed by atoms with van der Waals surface area (Å²) in [5.41, 5.74) is 0.783. The molecule has 0 amide bonds. The number of sulfone groups is 1. The molecule has 0 aromatic heterocycles. The van der Waals surface area contributed by atoms with Gasteiger partial charge < -0.3 is 0 Å². The van der Waals surface area contributed by atoms with Crippen molar-refractivity contribution in [3.8, 4) is 0 Å². The third-order valence-electron chi connectivity index (χ3n) is 2.99. The minimum atomic E-state index is -3.99. The fourth-order valence-corrected chi connectivity index (χ4v) is 3.26. The van der Waals surface area contributed by atoms with Gasteiger partial charge in [-0.25, -0.2) is 23.8 Å². The normalized spacial score (nSPS) is 12.7. The molecule has 2 rings (SSSR count). The highest BCUT2D eigenvalue weighted by atomic mass is 32.2. The van der Waals surface area contributed by atoms with Gasteiger partial charge in [0.15, 0.2) is 11.6 Å². The van der Waals surface area contributed by atoms with Gasteiger partial charge in [-0.15, -0.1) is 0 Å². The summed E-state index contributed by atoms with van der Waals surface area (Å²) in [4.78, 5) is 3.04. The van der Waals surface area contributed by atoms with E-state index < -0.39 is 26.8 Å². The maximum atomic E-state index is 13.2. The Morgan fingerprint density at radius 1 is 1.05 bits per heavy atom. The van der Waals surface area contributed by atoms with Crippen molar-refractivity contribution in [3.05, 3.63) is 76.6 Å². The molecule has 3 nitrogen and oxygen atoms in total. The monoisotopic (exact) mass is 307 g/mol. The summed E-state index contributed by atoms with van der Waals surface area (Å²) in [7, 11) is -3.99. The van der Waals surface area contributed by atoms with Gasteiger partial charge in [0.25, 0.3) is 9.84 Å². The Hall–Kier alpha value is -2.26. The smallest absolute Gasteiger partial charge is 0.291 e. The van der Waals surface area contributed by atoms with Crippen molar-refractivity contribution >= 4 is 9.84 Å². The molecular formula is C15H11F2NO2S. The zero-order valence-corrected chi connectivity index (χ0v) is 11.9. The molecule has 1 atom stereocenters. The van der Waals surface area contributed by atoms with Crippen LogP contribution >= 0.6 is 0 Å². The SMILES string of the molecule is [C-]#[N+]C(c1ccc(F)c(F)c1)S(=O)(=O)c1ccc(C)cc1. The van der Waals surface area contributed by atoms with Crippen molar-refractivity contribution in [2.45, 2.75) is 17.2 Å². The molecular weight excluding hydrogens is 296 g/mol. The second kappa shape index (κ2) is 5.62. The third kappa shape index (κ3) is 2.93. The van der Waals surface area contributed by atoms with E-state index in [9.17, 15) is 17.2 Å². The Bertz CT molecular complexity index is 809. The van der Waals surface area contributed by atoms with E-state index in [4.69, 9.17) is 6.57 Å². The van der Waals surface area contributed by atoms with Gasteiger partial charge >= 0.3 is 5.37 Å². The van der Waals surface area contributed by atoms with Crippen LogP contribution in [0.5, 0.6) is 0 Å². The average Bonchev–Trinajstić information content (AvgIpc) is 2.44. The topological polar surface area (TPSA) is 38.5 Å². The molecule has 0 aliphatic heterocycles. The van der Waals surface area contributed by atoms with Crippen molar-refractivity contribution in [2.24, 2.45) is 0 Å². The van der Waals surface area contributed by atoms with Crippen molar-refractivity contribution in [2.75, 3.05) is 0 Å². The van der Waals surface area contributed by atoms with Gasteiger partial charge in [0, 0.05) is 0 Å². The number of aryl methyl sites for hydroxylation is 1. The van der Waals surface area contributed by atoms with E-state index in [1.165, 1.54) is 12.1 Å². The summed E-state index contributed by atoms with van der Waals surface area (Å²) in [6, 6.07) is 8.66. The van der Waals surface area contributed by atoms with E-state index in [1.54, 1.807) is 19.1 Å². The second-order valence-corrected chi connectivity index (χ2v) is 6.52. The lowest BCUT2D eigenvalue weighted by atomic mass is 10.2. The highest BCUT2D eigenvalue weighted by Crippen LogP contribution is 2.31. The van der Waals surface area contributed by atoms with Gasteiger partial charge in [-0.05, 0) is 37.3 Å². The summed E-state index contributed by atoms with van der Waals surface area (Å²) in [5.74, 6) is -2.27. The van der Waals surface area contributed by atoms with E-state index >= 15 is 0 Å². The zero-order valence-electron chi connectivity index (χ0n) is 11.0. The van der Waals surface area contributed by atoms with Gasteiger partial charge in [0.1, 0.15) is 0 Å². The largest absolute Gasteiger partial charge is 0.350 e. The molecule has 0 spiro atoms. The molecule has 2 aromatic rings. The lowest BCUT2D eigenvalue weighted by Crippen LogP contribution is -2.11. The maximum Gasteiger partial charge on any atom is 0.350 e. The molecule has 6 heteroatoms. The minimum Gasteiger partial charge on any atom is -0.291 e. The van der Waals surface area contributed by atoms with Crippen molar-refractivity contribution < 1.29 is 17.2 Å². The Kier molecular flexibility index (Phi) is 4.05. The number of benzene rings is 2. The molecule has 0 fully saturated rings. The van der Waals surface area contributed by atoms with E-state index in [2.05, 4.69) is 4.85 Å². The third-order valence-corrected chi connectivity index (χ3v) is 4.88. The highest BCUT2D eigenvalue weighted by Gasteiger charge is 2.35. The van der Waals surface area contributed by atoms with Crippen LogP contribution in [-0.4, -0.2) is 8.42 Å². The number of halogens is 2. The van der Waals surface area contributed by atoms with Crippen LogP contribution in [0.15, 0.2) is 47.4 Å². The summed E-state index contributed by atoms with van der Waals surface area (Å²) in [6.07, 6.45) is 0. The van der Waals surface area contributed by atoms with E-state index in [0.29, 0.717) is 0 Å². The predicted molar refractivity (Wildman–Crippen MR) is 74.1 cm³/mol. The number of nitrogens with zero attached hydrogens (tertiary/aromatic N) is 1. The molecule has 21 heavy (non-hydrogen) atoms. The van der Waals surface area contributed by atoms with Crippen LogP contribution < -0.4 is 0 Å². The van der Waals surface area contributed by atoms with E-state index in [0.717, 1.165) is 23.8 Å². The molecule has 0 radical (unpaired) electrons. The average molecular weight is 307 g/mol. The van der Waals surface area contributed by atoms with Crippen molar-refractivity contribution in [3.63, 3.8) is 0 Å². The fourth-order valence-electron chi connectivity index (χ4n) is 1.85. The number of hydrogen-bond donors (Lipinski definition) is 0. The Morgan fingerprint density at radius 2 is 1.67 bits per heavy atom. The molecule has 0 aliphatic carbocycles. The first-order chi connectivity index (χ1) is 9.86. The Morgan fingerprint density at radius 3 is 2.19 bits per heavy atom. The minimum absolute atomic E-state index is 0.0289. The van der Waals surface area contributed by atoms with Gasteiger partial charge in [0.2, 0.25) is 0 Å². The van der Waals surface area contributed by atoms with E-state index in [1.807, 2.05) is 0 Å². The lowest BCUT2D eigenvalue weighted by molar-refractivity contribution is 0.507. The highest BCUT2D eigenvalue weighted by molar-refractivity contribution is 7.91. The molecule has 0 saturated heterocycles. The molecule has 0 heterocycles. The van der Waals surface area contributed by atoms with Crippen LogP contribution in [0.1, 0.15) is 16.5 Å². The molecule has 0 saturated carbocycles. The fraction of sp³-hybridized carbons (Fsp3) is 0.133. The van der Waals surface area contributed by atoms with Gasteiger partial charge in [0.05, 0.1) is 10.5 Å². The zero-order chi connectivity index (χ0) is 15.6. The summed E-state index contributed by atoms with van der Waals surface area (Å²) in [5, 5.41) is -1.60. The predicted octanol–water partition coefficient (Wildman–Crippen LogP) is 3.67. The first-order valence-corrected chi connectivity index (χ1v) is 7.53. The summed E-state index contributed by atoms with van der Waals surface area (Å²) in [6.45, 7) is 8.90. The maximum absolute atomic E-state index is 13.2. The molecule has 1 unspecified atom stereocenters. The second-order valence-electron chi connectivity index (χ2n) is 4.51. The van der Waals surface area contributed by atoms with Crippen LogP contribution in [0.2, 0.25) is 0 Å². The molecule has 0 bridgehead atoms. The number of rotatable bonds is 3. The first-order valence-electron chi connectivity index (χ1n) is 5.98. The summed E-state index contributed by atoms with van der Waals surface area (Å²) < 4.78 is 51.1. The van der Waals surface area contributed by atoms with Crippen LogP contribution in [0.3, 0.4) is 0 Å².